The quantitative estimate of drug-likeness (QED) is 0.813. The highest BCUT2D eigenvalue weighted by Crippen LogP contribution is 2.23. The van der Waals surface area contributed by atoms with Crippen molar-refractivity contribution in [2.45, 2.75) is 25.8 Å². The van der Waals surface area contributed by atoms with Crippen LogP contribution in [0.2, 0.25) is 5.02 Å². The van der Waals surface area contributed by atoms with Gasteiger partial charge in [-0.15, -0.1) is 0 Å². The lowest BCUT2D eigenvalue weighted by Gasteiger charge is -2.18. The topological polar surface area (TPSA) is 44.4 Å². The lowest BCUT2D eigenvalue weighted by molar-refractivity contribution is -0.115. The highest BCUT2D eigenvalue weighted by atomic mass is 35.5. The maximum absolute atomic E-state index is 12.2. The predicted octanol–water partition coefficient (Wildman–Crippen LogP) is 4.23. The molecule has 3 rings (SSSR count). The first-order valence-electron chi connectivity index (χ1n) is 8.76. The average Bonchev–Trinajstić information content (AvgIpc) is 3.15. The molecule has 1 aliphatic rings. The van der Waals surface area contributed by atoms with E-state index in [-0.39, 0.29) is 18.5 Å². The first-order valence-corrected chi connectivity index (χ1v) is 9.14. The second-order valence-corrected chi connectivity index (χ2v) is 6.82. The van der Waals surface area contributed by atoms with Gasteiger partial charge < -0.3 is 15.5 Å². The zero-order valence-corrected chi connectivity index (χ0v) is 15.2. The highest BCUT2D eigenvalue weighted by molar-refractivity contribution is 6.31. The molecule has 0 unspecified atom stereocenters. The smallest absolute Gasteiger partial charge is 0.238 e. The molecule has 0 aromatic heterocycles. The van der Waals surface area contributed by atoms with E-state index in [2.05, 4.69) is 27.7 Å². The number of carbonyl (C=O) groups excluding carboxylic acids is 1. The predicted molar refractivity (Wildman–Crippen MR) is 104 cm³/mol. The first kappa shape index (κ1) is 17.8. The Balaban J connectivity index is 1.49. The summed E-state index contributed by atoms with van der Waals surface area (Å²) >= 11 is 6.19. The van der Waals surface area contributed by atoms with E-state index in [1.54, 1.807) is 0 Å². The summed E-state index contributed by atoms with van der Waals surface area (Å²) in [4.78, 5) is 14.5. The fourth-order valence-corrected chi connectivity index (χ4v) is 3.42. The summed E-state index contributed by atoms with van der Waals surface area (Å²) in [5.41, 5.74) is 3.04. The molecule has 1 amide bonds. The molecule has 1 fully saturated rings. The largest absolute Gasteiger partial charge is 0.372 e. The number of carbonyl (C=O) groups is 1. The van der Waals surface area contributed by atoms with Crippen LogP contribution in [0.1, 0.15) is 31.4 Å². The Labute approximate surface area is 154 Å². The van der Waals surface area contributed by atoms with Crippen LogP contribution < -0.4 is 15.5 Å². The van der Waals surface area contributed by atoms with Crippen LogP contribution in [0.5, 0.6) is 0 Å². The normalized spacial score (nSPS) is 15.2. The van der Waals surface area contributed by atoms with Crippen LogP contribution in [-0.4, -0.2) is 25.5 Å². The highest BCUT2D eigenvalue weighted by Gasteiger charge is 2.13. The van der Waals surface area contributed by atoms with Crippen LogP contribution >= 0.6 is 11.6 Å². The van der Waals surface area contributed by atoms with Gasteiger partial charge >= 0.3 is 0 Å². The zero-order valence-electron chi connectivity index (χ0n) is 14.5. The van der Waals surface area contributed by atoms with Gasteiger partial charge in [-0.05, 0) is 55.7 Å². The van der Waals surface area contributed by atoms with Gasteiger partial charge in [-0.1, -0.05) is 29.8 Å². The van der Waals surface area contributed by atoms with Gasteiger partial charge in [0.15, 0.2) is 0 Å². The van der Waals surface area contributed by atoms with Crippen molar-refractivity contribution in [3.05, 3.63) is 59.1 Å². The van der Waals surface area contributed by atoms with Gasteiger partial charge in [-0.3, -0.25) is 4.79 Å². The van der Waals surface area contributed by atoms with E-state index >= 15 is 0 Å². The minimum absolute atomic E-state index is 0.0111. The number of hydrogen-bond acceptors (Lipinski definition) is 3. The van der Waals surface area contributed by atoms with Gasteiger partial charge in [0.25, 0.3) is 0 Å². The summed E-state index contributed by atoms with van der Waals surface area (Å²) in [7, 11) is 0. The van der Waals surface area contributed by atoms with Crippen molar-refractivity contribution in [2.75, 3.05) is 29.9 Å². The molecule has 2 aromatic rings. The van der Waals surface area contributed by atoms with Crippen molar-refractivity contribution >= 4 is 28.9 Å². The Kier molecular flexibility index (Phi) is 5.95. The molecular weight excluding hydrogens is 334 g/mol. The average molecular weight is 358 g/mol. The summed E-state index contributed by atoms with van der Waals surface area (Å²) in [5.74, 6) is -0.0622. The van der Waals surface area contributed by atoms with Crippen LogP contribution in [0.4, 0.5) is 11.4 Å². The number of rotatable bonds is 6. The van der Waals surface area contributed by atoms with E-state index in [0.717, 1.165) is 24.3 Å². The van der Waals surface area contributed by atoms with Gasteiger partial charge in [-0.2, -0.15) is 0 Å². The molecule has 1 atom stereocenters. The summed E-state index contributed by atoms with van der Waals surface area (Å²) in [6, 6.07) is 15.7. The Morgan fingerprint density at radius 1 is 1.12 bits per heavy atom. The maximum Gasteiger partial charge on any atom is 0.238 e. The molecule has 1 aliphatic heterocycles. The molecule has 1 heterocycles. The molecule has 0 spiro atoms. The van der Waals surface area contributed by atoms with E-state index < -0.39 is 0 Å². The number of nitrogens with zero attached hydrogens (tertiary/aromatic N) is 1. The lowest BCUT2D eigenvalue weighted by Crippen LogP contribution is -2.30. The molecular formula is C20H24ClN3O. The monoisotopic (exact) mass is 357 g/mol. The first-order chi connectivity index (χ1) is 12.1. The number of anilines is 2. The van der Waals surface area contributed by atoms with Crippen molar-refractivity contribution in [3.8, 4) is 0 Å². The van der Waals surface area contributed by atoms with Crippen LogP contribution in [-0.2, 0) is 4.79 Å². The van der Waals surface area contributed by atoms with E-state index in [9.17, 15) is 4.79 Å². The summed E-state index contributed by atoms with van der Waals surface area (Å²) in [6.45, 7) is 4.48. The Morgan fingerprint density at radius 3 is 2.48 bits per heavy atom. The number of hydrogen-bond donors (Lipinski definition) is 2. The molecule has 1 saturated heterocycles. The van der Waals surface area contributed by atoms with Gasteiger partial charge in [0.1, 0.15) is 0 Å². The molecule has 4 nitrogen and oxygen atoms in total. The third-order valence-corrected chi connectivity index (χ3v) is 4.91. The van der Waals surface area contributed by atoms with E-state index in [0.29, 0.717) is 5.02 Å². The Hall–Kier alpha value is -2.04. The van der Waals surface area contributed by atoms with Crippen molar-refractivity contribution in [2.24, 2.45) is 0 Å². The molecule has 5 heteroatoms. The van der Waals surface area contributed by atoms with Crippen molar-refractivity contribution in [1.29, 1.82) is 0 Å². The van der Waals surface area contributed by atoms with Gasteiger partial charge in [0.2, 0.25) is 5.91 Å². The third-order valence-electron chi connectivity index (χ3n) is 4.56. The molecule has 0 aliphatic carbocycles. The number of amides is 1. The zero-order chi connectivity index (χ0) is 17.6. The number of benzene rings is 2. The second kappa shape index (κ2) is 8.37. The van der Waals surface area contributed by atoms with Crippen LogP contribution in [0, 0.1) is 0 Å². The molecule has 0 saturated carbocycles. The van der Waals surface area contributed by atoms with Crippen LogP contribution in [0.15, 0.2) is 48.5 Å². The summed E-state index contributed by atoms with van der Waals surface area (Å²) < 4.78 is 0. The second-order valence-electron chi connectivity index (χ2n) is 6.41. The molecule has 0 bridgehead atoms. The fourth-order valence-electron chi connectivity index (χ4n) is 3.12. The van der Waals surface area contributed by atoms with Gasteiger partial charge in [0, 0.05) is 35.5 Å². The molecule has 132 valence electrons. The van der Waals surface area contributed by atoms with Gasteiger partial charge in [-0.25, -0.2) is 0 Å². The van der Waals surface area contributed by atoms with Crippen LogP contribution in [0.25, 0.3) is 0 Å². The standard InChI is InChI=1S/C20H24ClN3O/c1-15(18-6-2-3-7-19(18)21)22-14-20(25)23-16-8-10-17(11-9-16)24-12-4-5-13-24/h2-3,6-11,15,22H,4-5,12-14H2,1H3,(H,23,25)/t15-/m0/s1. The minimum atomic E-state index is -0.0622. The third kappa shape index (κ3) is 4.74. The van der Waals surface area contributed by atoms with Crippen LogP contribution in [0.3, 0.4) is 0 Å². The van der Waals surface area contributed by atoms with Crippen molar-refractivity contribution in [1.82, 2.24) is 5.32 Å². The number of nitrogens with one attached hydrogen (secondary N) is 2. The minimum Gasteiger partial charge on any atom is -0.372 e. The van der Waals surface area contributed by atoms with E-state index in [4.69, 9.17) is 11.6 Å². The van der Waals surface area contributed by atoms with E-state index in [1.165, 1.54) is 18.5 Å². The molecule has 2 aromatic carbocycles. The molecule has 2 N–H and O–H groups in total. The lowest BCUT2D eigenvalue weighted by atomic mass is 10.1. The SMILES string of the molecule is C[C@H](NCC(=O)Nc1ccc(N2CCCC2)cc1)c1ccccc1Cl. The molecule has 25 heavy (non-hydrogen) atoms. The fraction of sp³-hybridized carbons (Fsp3) is 0.350. The Bertz CT molecular complexity index is 711. The summed E-state index contributed by atoms with van der Waals surface area (Å²) in [5, 5.41) is 6.85. The van der Waals surface area contributed by atoms with Crippen molar-refractivity contribution < 1.29 is 4.79 Å². The van der Waals surface area contributed by atoms with Crippen molar-refractivity contribution in [3.63, 3.8) is 0 Å². The number of halogens is 1. The van der Waals surface area contributed by atoms with Gasteiger partial charge in [0.05, 0.1) is 6.54 Å². The van der Waals surface area contributed by atoms with E-state index in [1.807, 2.05) is 43.3 Å². The Morgan fingerprint density at radius 2 is 1.80 bits per heavy atom. The molecule has 0 radical (unpaired) electrons. The summed E-state index contributed by atoms with van der Waals surface area (Å²) in [6.07, 6.45) is 2.52. The maximum atomic E-state index is 12.2.